The highest BCUT2D eigenvalue weighted by molar-refractivity contribution is 5.95. The van der Waals surface area contributed by atoms with Crippen LogP contribution in [-0.4, -0.2) is 11.9 Å². The molecule has 0 aromatic heterocycles. The second-order valence-electron chi connectivity index (χ2n) is 5.94. The molecule has 0 heterocycles. The van der Waals surface area contributed by atoms with E-state index < -0.39 is 0 Å². The maximum absolute atomic E-state index is 12.5. The zero-order valence-corrected chi connectivity index (χ0v) is 14.2. The van der Waals surface area contributed by atoms with Crippen molar-refractivity contribution in [3.8, 4) is 0 Å². The first-order chi connectivity index (χ1) is 11.1. The summed E-state index contributed by atoms with van der Waals surface area (Å²) in [5.74, 6) is -0.00339. The van der Waals surface area contributed by atoms with Gasteiger partial charge in [-0.3, -0.25) is 10.1 Å². The van der Waals surface area contributed by atoms with Gasteiger partial charge in [-0.05, 0) is 37.5 Å². The van der Waals surface area contributed by atoms with E-state index in [0.29, 0.717) is 0 Å². The third kappa shape index (κ3) is 4.93. The summed E-state index contributed by atoms with van der Waals surface area (Å²) >= 11 is 0. The molecular weight excluding hydrogens is 284 g/mol. The zero-order valence-electron chi connectivity index (χ0n) is 14.2. The van der Waals surface area contributed by atoms with E-state index in [4.69, 9.17) is 0 Å². The summed E-state index contributed by atoms with van der Waals surface area (Å²) in [4.78, 5) is 12.5. The second-order valence-corrected chi connectivity index (χ2v) is 5.94. The fraction of sp³-hybridized carbons (Fsp3) is 0.350. The van der Waals surface area contributed by atoms with E-state index >= 15 is 0 Å². The Kier molecular flexibility index (Phi) is 6.36. The number of benzene rings is 2. The molecule has 0 unspecified atom stereocenters. The van der Waals surface area contributed by atoms with Crippen molar-refractivity contribution in [3.63, 3.8) is 0 Å². The second kappa shape index (κ2) is 8.49. The lowest BCUT2D eigenvalue weighted by Crippen LogP contribution is -2.40. The molecule has 0 radical (unpaired) electrons. The largest absolute Gasteiger partial charge is 0.324 e. The minimum Gasteiger partial charge on any atom is -0.324 e. The Morgan fingerprint density at radius 3 is 2.35 bits per heavy atom. The summed E-state index contributed by atoms with van der Waals surface area (Å²) < 4.78 is 0. The van der Waals surface area contributed by atoms with E-state index in [0.717, 1.165) is 24.1 Å². The van der Waals surface area contributed by atoms with Gasteiger partial charge < -0.3 is 5.32 Å². The number of para-hydroxylation sites is 1. The molecule has 0 fully saturated rings. The number of hydrogen-bond acceptors (Lipinski definition) is 2. The Bertz CT molecular complexity index is 625. The smallest absolute Gasteiger partial charge is 0.241 e. The van der Waals surface area contributed by atoms with Crippen LogP contribution in [0.25, 0.3) is 0 Å². The summed E-state index contributed by atoms with van der Waals surface area (Å²) in [5.41, 5.74) is 3.17. The zero-order chi connectivity index (χ0) is 16.7. The molecule has 2 aromatic rings. The first kappa shape index (κ1) is 17.2. The highest BCUT2D eigenvalue weighted by atomic mass is 16.2. The summed E-state index contributed by atoms with van der Waals surface area (Å²) in [6, 6.07) is 18.1. The number of rotatable bonds is 7. The highest BCUT2D eigenvalue weighted by Crippen LogP contribution is 2.19. The number of aryl methyl sites for hydroxylation is 1. The summed E-state index contributed by atoms with van der Waals surface area (Å²) in [7, 11) is 0. The molecule has 23 heavy (non-hydrogen) atoms. The van der Waals surface area contributed by atoms with E-state index in [-0.39, 0.29) is 18.0 Å². The fourth-order valence-corrected chi connectivity index (χ4v) is 2.65. The van der Waals surface area contributed by atoms with Gasteiger partial charge in [0.05, 0.1) is 6.04 Å². The van der Waals surface area contributed by atoms with Gasteiger partial charge in [-0.15, -0.1) is 0 Å². The molecule has 1 amide bonds. The van der Waals surface area contributed by atoms with Gasteiger partial charge in [-0.2, -0.15) is 0 Å². The molecule has 3 heteroatoms. The summed E-state index contributed by atoms with van der Waals surface area (Å²) in [5, 5.41) is 6.47. The van der Waals surface area contributed by atoms with E-state index in [1.54, 1.807) is 0 Å². The highest BCUT2D eigenvalue weighted by Gasteiger charge is 2.19. The van der Waals surface area contributed by atoms with Gasteiger partial charge in [-0.1, -0.05) is 61.9 Å². The Hall–Kier alpha value is -2.13. The fourth-order valence-electron chi connectivity index (χ4n) is 2.65. The van der Waals surface area contributed by atoms with Gasteiger partial charge >= 0.3 is 0 Å². The third-order valence-electron chi connectivity index (χ3n) is 4.03. The van der Waals surface area contributed by atoms with Crippen LogP contribution in [0.5, 0.6) is 0 Å². The van der Waals surface area contributed by atoms with Crippen LogP contribution in [0.4, 0.5) is 5.69 Å². The van der Waals surface area contributed by atoms with E-state index in [9.17, 15) is 4.79 Å². The van der Waals surface area contributed by atoms with E-state index in [1.165, 1.54) is 5.56 Å². The topological polar surface area (TPSA) is 41.1 Å². The van der Waals surface area contributed by atoms with Crippen molar-refractivity contribution >= 4 is 11.6 Å². The summed E-state index contributed by atoms with van der Waals surface area (Å²) in [6.07, 6.45) is 2.07. The lowest BCUT2D eigenvalue weighted by molar-refractivity contribution is -0.118. The van der Waals surface area contributed by atoms with Crippen LogP contribution in [0.15, 0.2) is 54.6 Å². The third-order valence-corrected chi connectivity index (χ3v) is 4.03. The van der Waals surface area contributed by atoms with Gasteiger partial charge in [-0.25, -0.2) is 0 Å². The number of hydrogen-bond donors (Lipinski definition) is 2. The number of carbonyl (C=O) groups is 1. The molecule has 2 N–H and O–H groups in total. The first-order valence-corrected chi connectivity index (χ1v) is 8.29. The molecule has 3 nitrogen and oxygen atoms in total. The van der Waals surface area contributed by atoms with Gasteiger partial charge in [0.15, 0.2) is 0 Å². The number of anilines is 1. The molecule has 0 saturated carbocycles. The van der Waals surface area contributed by atoms with Crippen LogP contribution in [0, 0.1) is 6.92 Å². The monoisotopic (exact) mass is 310 g/mol. The Morgan fingerprint density at radius 1 is 1.04 bits per heavy atom. The Morgan fingerprint density at radius 2 is 1.70 bits per heavy atom. The first-order valence-electron chi connectivity index (χ1n) is 8.29. The number of amides is 1. The molecule has 0 saturated heterocycles. The van der Waals surface area contributed by atoms with Gasteiger partial charge in [0.2, 0.25) is 5.91 Å². The van der Waals surface area contributed by atoms with Crippen molar-refractivity contribution in [2.24, 2.45) is 0 Å². The molecular formula is C20H26N2O. The van der Waals surface area contributed by atoms with E-state index in [1.807, 2.05) is 56.3 Å². The SMILES string of the molecule is CCC[C@@H](N[C@@H](C)C(=O)Nc1ccccc1C)c1ccccc1. The molecule has 0 aliphatic carbocycles. The van der Waals surface area contributed by atoms with Crippen LogP contribution in [0.1, 0.15) is 43.9 Å². The van der Waals surface area contributed by atoms with Gasteiger partial charge in [0.1, 0.15) is 0 Å². The summed E-state index contributed by atoms with van der Waals surface area (Å²) in [6.45, 7) is 6.08. The maximum Gasteiger partial charge on any atom is 0.241 e. The van der Waals surface area contributed by atoms with Crippen molar-refractivity contribution in [1.29, 1.82) is 0 Å². The van der Waals surface area contributed by atoms with Crippen LogP contribution in [-0.2, 0) is 4.79 Å². The average Bonchev–Trinajstić information content (AvgIpc) is 2.57. The van der Waals surface area contributed by atoms with Crippen molar-refractivity contribution in [3.05, 3.63) is 65.7 Å². The standard InChI is InChI=1S/C20H26N2O/c1-4-10-19(17-12-6-5-7-13-17)21-16(3)20(23)22-18-14-9-8-11-15(18)2/h5-9,11-14,16,19,21H,4,10H2,1-3H3,(H,22,23)/t16-,19+/m0/s1. The number of carbonyl (C=O) groups excluding carboxylic acids is 1. The molecule has 122 valence electrons. The Labute approximate surface area is 139 Å². The molecule has 0 bridgehead atoms. The lowest BCUT2D eigenvalue weighted by atomic mass is 10.0. The minimum atomic E-state index is -0.258. The number of nitrogens with one attached hydrogen (secondary N) is 2. The molecule has 2 atom stereocenters. The van der Waals surface area contributed by atoms with Gasteiger partial charge in [0.25, 0.3) is 0 Å². The molecule has 0 spiro atoms. The van der Waals surface area contributed by atoms with Crippen molar-refractivity contribution in [1.82, 2.24) is 5.32 Å². The van der Waals surface area contributed by atoms with Crippen LogP contribution in [0.2, 0.25) is 0 Å². The Balaban J connectivity index is 2.02. The molecule has 0 aliphatic rings. The average molecular weight is 310 g/mol. The molecule has 2 rings (SSSR count). The molecule has 2 aromatic carbocycles. The van der Waals surface area contributed by atoms with Crippen molar-refractivity contribution in [2.75, 3.05) is 5.32 Å². The molecule has 0 aliphatic heterocycles. The maximum atomic E-state index is 12.5. The van der Waals surface area contributed by atoms with Gasteiger partial charge in [0, 0.05) is 11.7 Å². The quantitative estimate of drug-likeness (QED) is 0.793. The van der Waals surface area contributed by atoms with Crippen LogP contribution in [0.3, 0.4) is 0 Å². The van der Waals surface area contributed by atoms with Crippen LogP contribution >= 0.6 is 0 Å². The van der Waals surface area contributed by atoms with Crippen molar-refractivity contribution < 1.29 is 4.79 Å². The predicted molar refractivity (Wildman–Crippen MR) is 96.5 cm³/mol. The lowest BCUT2D eigenvalue weighted by Gasteiger charge is -2.23. The van der Waals surface area contributed by atoms with Crippen molar-refractivity contribution in [2.45, 2.75) is 45.7 Å². The van der Waals surface area contributed by atoms with E-state index in [2.05, 4.69) is 29.7 Å². The predicted octanol–water partition coefficient (Wildman–Crippen LogP) is 4.45. The normalized spacial score (nSPS) is 13.3. The minimum absolute atomic E-state index is 0.00339. The van der Waals surface area contributed by atoms with Crippen LogP contribution < -0.4 is 10.6 Å².